The standard InChI is InChI=1S/C21H16Cl4F3NO3/c1-20(2)12(7-15(24)21(26,27)28)16(20)19(30)31-9-10-3-5-11(6-4-10)32-18-14(23)8-13(22)17(25)29-18/h3-8,12,16H,9H2,1-2H3/b15-7-. The number of carbonyl (C=O) groups excluding carboxylic acids is 1. The molecule has 0 amide bonds. The monoisotopic (exact) mass is 527 g/mol. The van der Waals surface area contributed by atoms with Gasteiger partial charge in [0.2, 0.25) is 5.88 Å². The molecule has 1 aliphatic carbocycles. The first-order valence-electron chi connectivity index (χ1n) is 9.20. The van der Waals surface area contributed by atoms with Crippen molar-refractivity contribution >= 4 is 52.4 Å². The van der Waals surface area contributed by atoms with E-state index in [9.17, 15) is 18.0 Å². The fourth-order valence-corrected chi connectivity index (χ4v) is 3.86. The van der Waals surface area contributed by atoms with E-state index in [0.717, 1.165) is 6.08 Å². The molecule has 3 rings (SSSR count). The van der Waals surface area contributed by atoms with Crippen LogP contribution in [0.1, 0.15) is 19.4 Å². The van der Waals surface area contributed by atoms with Gasteiger partial charge in [-0.25, -0.2) is 0 Å². The number of hydrogen-bond acceptors (Lipinski definition) is 4. The molecule has 1 aliphatic rings. The maximum absolute atomic E-state index is 12.7. The van der Waals surface area contributed by atoms with Gasteiger partial charge in [0.05, 0.1) is 10.9 Å². The van der Waals surface area contributed by atoms with E-state index in [0.29, 0.717) is 11.3 Å². The molecule has 1 aromatic carbocycles. The Labute approximate surface area is 202 Å². The summed E-state index contributed by atoms with van der Waals surface area (Å²) < 4.78 is 48.9. The van der Waals surface area contributed by atoms with E-state index in [-0.39, 0.29) is 27.7 Å². The number of allylic oxidation sites excluding steroid dienone is 2. The van der Waals surface area contributed by atoms with Gasteiger partial charge in [0.25, 0.3) is 0 Å². The first kappa shape index (κ1) is 25.0. The van der Waals surface area contributed by atoms with Gasteiger partial charge in [0.1, 0.15) is 22.4 Å². The number of halogens is 7. The van der Waals surface area contributed by atoms with Crippen molar-refractivity contribution < 1.29 is 27.4 Å². The molecule has 1 fully saturated rings. The fourth-order valence-electron chi connectivity index (χ4n) is 3.20. The highest BCUT2D eigenvalue weighted by atomic mass is 35.5. The summed E-state index contributed by atoms with van der Waals surface area (Å²) in [7, 11) is 0. The first-order chi connectivity index (χ1) is 14.8. The van der Waals surface area contributed by atoms with Gasteiger partial charge in [-0.3, -0.25) is 4.79 Å². The predicted octanol–water partition coefficient (Wildman–Crippen LogP) is 7.83. The van der Waals surface area contributed by atoms with Crippen LogP contribution in [0.4, 0.5) is 13.2 Å². The molecule has 0 radical (unpaired) electrons. The Balaban J connectivity index is 1.59. The van der Waals surface area contributed by atoms with E-state index < -0.39 is 34.4 Å². The Kier molecular flexibility index (Phi) is 7.25. The number of carbonyl (C=O) groups is 1. The second kappa shape index (κ2) is 9.29. The van der Waals surface area contributed by atoms with Gasteiger partial charge in [0, 0.05) is 0 Å². The highest BCUT2D eigenvalue weighted by Crippen LogP contribution is 2.60. The van der Waals surface area contributed by atoms with Crippen LogP contribution in [0.2, 0.25) is 15.2 Å². The molecule has 0 saturated heterocycles. The molecule has 1 heterocycles. The number of benzene rings is 1. The number of alkyl halides is 3. The maximum Gasteiger partial charge on any atom is 0.426 e. The lowest BCUT2D eigenvalue weighted by atomic mass is 10.1. The molecule has 0 bridgehead atoms. The highest BCUT2D eigenvalue weighted by molar-refractivity contribution is 6.42. The van der Waals surface area contributed by atoms with Crippen LogP contribution >= 0.6 is 46.4 Å². The van der Waals surface area contributed by atoms with Crippen LogP contribution in [0.3, 0.4) is 0 Å². The molecule has 11 heteroatoms. The molecule has 1 saturated carbocycles. The SMILES string of the molecule is CC1(C)C(/C=C(\Cl)C(F)(F)F)C1C(=O)OCc1ccc(Oc2nc(Cl)c(Cl)cc2Cl)cc1. The van der Waals surface area contributed by atoms with E-state index in [4.69, 9.17) is 55.9 Å². The molecule has 1 aromatic heterocycles. The third kappa shape index (κ3) is 5.63. The van der Waals surface area contributed by atoms with Gasteiger partial charge in [-0.2, -0.15) is 18.2 Å². The molecule has 2 atom stereocenters. The van der Waals surface area contributed by atoms with Gasteiger partial charge in [0.15, 0.2) is 5.15 Å². The van der Waals surface area contributed by atoms with Crippen LogP contribution in [0.5, 0.6) is 11.6 Å². The average molecular weight is 529 g/mol. The minimum atomic E-state index is -4.64. The van der Waals surface area contributed by atoms with E-state index in [1.165, 1.54) is 6.07 Å². The normalized spacial score (nSPS) is 20.1. The van der Waals surface area contributed by atoms with E-state index in [1.54, 1.807) is 38.1 Å². The van der Waals surface area contributed by atoms with E-state index >= 15 is 0 Å². The second-order valence-electron chi connectivity index (χ2n) is 7.74. The highest BCUT2D eigenvalue weighted by Gasteiger charge is 2.62. The molecule has 2 unspecified atom stereocenters. The van der Waals surface area contributed by atoms with Gasteiger partial charge >= 0.3 is 12.1 Å². The number of esters is 1. The van der Waals surface area contributed by atoms with E-state index in [1.807, 2.05) is 0 Å². The Morgan fingerprint density at radius 3 is 2.38 bits per heavy atom. The summed E-state index contributed by atoms with van der Waals surface area (Å²) in [5.41, 5.74) is -0.0236. The predicted molar refractivity (Wildman–Crippen MR) is 116 cm³/mol. The average Bonchev–Trinajstić information content (AvgIpc) is 3.24. The molecular weight excluding hydrogens is 513 g/mol. The third-order valence-corrected chi connectivity index (χ3v) is 6.42. The molecule has 4 nitrogen and oxygen atoms in total. The molecule has 0 aliphatic heterocycles. The van der Waals surface area contributed by atoms with Crippen molar-refractivity contribution in [2.24, 2.45) is 17.3 Å². The van der Waals surface area contributed by atoms with Crippen LogP contribution < -0.4 is 4.74 Å². The summed E-state index contributed by atoms with van der Waals surface area (Å²) in [6.45, 7) is 3.32. The summed E-state index contributed by atoms with van der Waals surface area (Å²) in [5.74, 6) is -1.46. The minimum absolute atomic E-state index is 0.0438. The zero-order valence-corrected chi connectivity index (χ0v) is 19.7. The van der Waals surface area contributed by atoms with Crippen molar-refractivity contribution in [3.8, 4) is 11.6 Å². The van der Waals surface area contributed by atoms with Gasteiger partial charge in [-0.15, -0.1) is 0 Å². The maximum atomic E-state index is 12.7. The summed E-state index contributed by atoms with van der Waals surface area (Å²) in [5, 5.41) is -0.822. The molecule has 32 heavy (non-hydrogen) atoms. The zero-order chi connectivity index (χ0) is 23.8. The van der Waals surface area contributed by atoms with Gasteiger partial charge in [-0.1, -0.05) is 78.5 Å². The number of ether oxygens (including phenoxy) is 2. The topological polar surface area (TPSA) is 48.4 Å². The second-order valence-corrected chi connectivity index (χ2v) is 9.32. The lowest BCUT2D eigenvalue weighted by Gasteiger charge is -2.09. The number of nitrogens with zero attached hydrogens (tertiary/aromatic N) is 1. The van der Waals surface area contributed by atoms with Crippen molar-refractivity contribution in [1.82, 2.24) is 4.98 Å². The number of rotatable bonds is 6. The summed E-state index contributed by atoms with van der Waals surface area (Å²) in [6.07, 6.45) is -3.77. The summed E-state index contributed by atoms with van der Waals surface area (Å²) in [6, 6.07) is 7.94. The van der Waals surface area contributed by atoms with Crippen molar-refractivity contribution in [3.05, 3.63) is 62.2 Å². The van der Waals surface area contributed by atoms with Gasteiger partial charge in [-0.05, 0) is 35.1 Å². The lowest BCUT2D eigenvalue weighted by Crippen LogP contribution is -2.11. The van der Waals surface area contributed by atoms with Crippen molar-refractivity contribution in [1.29, 1.82) is 0 Å². The zero-order valence-electron chi connectivity index (χ0n) is 16.6. The smallest absolute Gasteiger partial charge is 0.426 e. The molecular formula is C21H16Cl4F3NO3. The van der Waals surface area contributed by atoms with Crippen molar-refractivity contribution in [2.75, 3.05) is 0 Å². The first-order valence-corrected chi connectivity index (χ1v) is 10.7. The minimum Gasteiger partial charge on any atom is -0.461 e. The molecule has 0 N–H and O–H groups in total. The Morgan fingerprint density at radius 1 is 1.16 bits per heavy atom. The number of aromatic nitrogens is 1. The lowest BCUT2D eigenvalue weighted by molar-refractivity contribution is -0.147. The molecule has 2 aromatic rings. The van der Waals surface area contributed by atoms with Crippen molar-refractivity contribution in [2.45, 2.75) is 26.6 Å². The Bertz CT molecular complexity index is 1060. The van der Waals surface area contributed by atoms with Crippen LogP contribution in [0, 0.1) is 17.3 Å². The third-order valence-electron chi connectivity index (χ3n) is 5.13. The quantitative estimate of drug-likeness (QED) is 0.283. The Morgan fingerprint density at radius 2 is 1.78 bits per heavy atom. The fraction of sp³-hybridized carbons (Fsp3) is 0.333. The van der Waals surface area contributed by atoms with Crippen LogP contribution in [0.25, 0.3) is 0 Å². The van der Waals surface area contributed by atoms with E-state index in [2.05, 4.69) is 4.98 Å². The molecule has 172 valence electrons. The van der Waals surface area contributed by atoms with Gasteiger partial charge < -0.3 is 9.47 Å². The van der Waals surface area contributed by atoms with Crippen molar-refractivity contribution in [3.63, 3.8) is 0 Å². The summed E-state index contributed by atoms with van der Waals surface area (Å²) >= 11 is 23.0. The van der Waals surface area contributed by atoms with Crippen LogP contribution in [-0.4, -0.2) is 17.1 Å². The number of hydrogen-bond donors (Lipinski definition) is 0. The summed E-state index contributed by atoms with van der Waals surface area (Å²) in [4.78, 5) is 16.4. The van der Waals surface area contributed by atoms with Crippen LogP contribution in [-0.2, 0) is 16.1 Å². The Hall–Kier alpha value is -1.67. The largest absolute Gasteiger partial charge is 0.461 e. The molecule has 0 spiro atoms. The van der Waals surface area contributed by atoms with Crippen LogP contribution in [0.15, 0.2) is 41.4 Å². The number of pyridine rings is 1.